The number of pyridine rings is 2. The first-order valence-corrected chi connectivity index (χ1v) is 46.7. The number of fused-ring (bicyclic) bond motifs is 20. The third-order valence-corrected chi connectivity index (χ3v) is 28.0. The smallest absolute Gasteiger partial charge is 0.234 e. The first-order valence-electron chi connectivity index (χ1n) is 46.7. The van der Waals surface area contributed by atoms with Crippen LogP contribution in [-0.4, -0.2) is 73.5 Å². The van der Waals surface area contributed by atoms with Gasteiger partial charge in [-0.15, -0.1) is 0 Å². The zero-order chi connectivity index (χ0) is 92.5. The van der Waals surface area contributed by atoms with Crippen LogP contribution in [0.2, 0.25) is 0 Å². The fourth-order valence-electron chi connectivity index (χ4n) is 21.2. The highest BCUT2D eigenvalue weighted by Gasteiger charge is 2.41. The molecule has 24 aromatic rings. The van der Waals surface area contributed by atoms with Crippen LogP contribution in [0.3, 0.4) is 0 Å². The van der Waals surface area contributed by atoms with Crippen molar-refractivity contribution in [1.82, 2.24) is 73.5 Å². The van der Waals surface area contributed by atoms with Gasteiger partial charge in [-0.05, 0) is 127 Å². The summed E-state index contributed by atoms with van der Waals surface area (Å²) in [6, 6.07) is 135. The first kappa shape index (κ1) is 82.1. The minimum atomic E-state index is -0.0968. The topological polar surface area (TPSA) is 169 Å². The summed E-state index contributed by atoms with van der Waals surface area (Å²) in [7, 11) is 0. The van der Waals surface area contributed by atoms with Crippen LogP contribution in [0.5, 0.6) is 0 Å². The zero-order valence-electron chi connectivity index (χ0n) is 76.5. The lowest BCUT2D eigenvalue weighted by Crippen LogP contribution is -2.15. The molecule has 9 aromatic heterocycles. The zero-order valence-corrected chi connectivity index (χ0v) is 76.5. The molecule has 0 fully saturated rings. The lowest BCUT2D eigenvalue weighted by atomic mass is 9.82. The molecule has 0 aliphatic heterocycles. The maximum Gasteiger partial charge on any atom is 0.234 e. The minimum Gasteiger partial charge on any atom is -0.294 e. The van der Waals surface area contributed by atoms with Crippen LogP contribution in [0.1, 0.15) is 74.9 Å². The molecule has 0 atom stereocenters. The second-order valence-corrected chi connectivity index (χ2v) is 37.1. The van der Waals surface area contributed by atoms with Crippen LogP contribution in [0, 0.1) is 0 Å². The average molecular weight is 1780 g/mol. The number of benzene rings is 15. The Bertz CT molecular complexity index is 8730. The van der Waals surface area contributed by atoms with E-state index in [9.17, 15) is 0 Å². The van der Waals surface area contributed by atoms with Crippen LogP contribution in [0.25, 0.3) is 218 Å². The van der Waals surface area contributed by atoms with Gasteiger partial charge in [-0.3, -0.25) is 13.7 Å². The molecule has 654 valence electrons. The number of para-hydroxylation sites is 3. The van der Waals surface area contributed by atoms with Gasteiger partial charge in [-0.25, -0.2) is 59.8 Å². The van der Waals surface area contributed by atoms with Crippen molar-refractivity contribution in [2.45, 2.75) is 57.8 Å². The van der Waals surface area contributed by atoms with E-state index in [2.05, 4.69) is 286 Å². The van der Waals surface area contributed by atoms with Gasteiger partial charge < -0.3 is 0 Å². The van der Waals surface area contributed by atoms with Gasteiger partial charge in [0.1, 0.15) is 5.82 Å². The van der Waals surface area contributed by atoms with Crippen LogP contribution in [-0.2, 0) is 16.2 Å². The fraction of sp³-hybridized carbons (Fsp3) is 0.0732. The molecule has 0 spiro atoms. The van der Waals surface area contributed by atoms with Crippen molar-refractivity contribution in [2.75, 3.05) is 0 Å². The van der Waals surface area contributed by atoms with Gasteiger partial charge in [-0.1, -0.05) is 369 Å². The van der Waals surface area contributed by atoms with Crippen molar-refractivity contribution in [3.05, 3.63) is 453 Å². The summed E-state index contributed by atoms with van der Waals surface area (Å²) in [6.07, 6.45) is 9.40. The molecule has 0 N–H and O–H groups in total. The van der Waals surface area contributed by atoms with Gasteiger partial charge in [0, 0.05) is 130 Å². The quantitative estimate of drug-likeness (QED) is 0.114. The molecule has 138 heavy (non-hydrogen) atoms. The van der Waals surface area contributed by atoms with Gasteiger partial charge in [-0.2, -0.15) is 0 Å². The maximum absolute atomic E-state index is 5.05. The molecule has 3 aliphatic carbocycles. The predicted octanol–water partition coefficient (Wildman–Crippen LogP) is 29.0. The van der Waals surface area contributed by atoms with E-state index < -0.39 is 0 Å². The number of nitrogens with zero attached hydrogens (tertiary/aromatic N) is 15. The first-order chi connectivity index (χ1) is 67.7. The van der Waals surface area contributed by atoms with E-state index in [0.717, 1.165) is 106 Å². The Morgan fingerprint density at radius 1 is 0.196 bits per heavy atom. The summed E-state index contributed by atoms with van der Waals surface area (Å²) < 4.78 is 6.70. The molecule has 15 nitrogen and oxygen atoms in total. The highest BCUT2D eigenvalue weighted by atomic mass is 15.2. The van der Waals surface area contributed by atoms with E-state index >= 15 is 0 Å². The fourth-order valence-corrected chi connectivity index (χ4v) is 21.2. The Kier molecular flexibility index (Phi) is 19.5. The highest BCUT2D eigenvalue weighted by Crippen LogP contribution is 2.56. The molecule has 0 unspecified atom stereocenters. The van der Waals surface area contributed by atoms with Crippen LogP contribution < -0.4 is 0 Å². The third-order valence-electron chi connectivity index (χ3n) is 28.0. The van der Waals surface area contributed by atoms with Crippen LogP contribution >= 0.6 is 0 Å². The molecular formula is C123H87N15. The van der Waals surface area contributed by atoms with Crippen molar-refractivity contribution in [3.8, 4) is 153 Å². The van der Waals surface area contributed by atoms with Crippen molar-refractivity contribution < 1.29 is 0 Å². The van der Waals surface area contributed by atoms with Gasteiger partial charge in [0.25, 0.3) is 0 Å². The summed E-state index contributed by atoms with van der Waals surface area (Å²) in [6.45, 7) is 13.9. The number of aromatic nitrogens is 15. The monoisotopic (exact) mass is 1770 g/mol. The summed E-state index contributed by atoms with van der Waals surface area (Å²) in [5, 5.41) is 7.27. The lowest BCUT2D eigenvalue weighted by molar-refractivity contribution is 0.660. The van der Waals surface area contributed by atoms with Crippen molar-refractivity contribution >= 4 is 65.4 Å². The number of hydrogen-bond donors (Lipinski definition) is 0. The van der Waals surface area contributed by atoms with Gasteiger partial charge >= 0.3 is 0 Å². The molecule has 0 amide bonds. The predicted molar refractivity (Wildman–Crippen MR) is 557 cm³/mol. The Morgan fingerprint density at radius 3 is 1.07 bits per heavy atom. The molecule has 0 saturated carbocycles. The highest BCUT2D eigenvalue weighted by molar-refractivity contribution is 6.19. The van der Waals surface area contributed by atoms with Crippen LogP contribution in [0.4, 0.5) is 0 Å². The largest absolute Gasteiger partial charge is 0.294 e. The Hall–Kier alpha value is -17.8. The molecule has 15 aromatic carbocycles. The van der Waals surface area contributed by atoms with Crippen molar-refractivity contribution in [3.63, 3.8) is 0 Å². The summed E-state index contributed by atoms with van der Waals surface area (Å²) in [4.78, 5) is 59.2. The maximum atomic E-state index is 5.05. The normalized spacial score (nSPS) is 13.2. The summed E-state index contributed by atoms with van der Waals surface area (Å²) in [5.41, 5.74) is 33.5. The molecule has 0 radical (unpaired) electrons. The van der Waals surface area contributed by atoms with Gasteiger partial charge in [0.05, 0.1) is 50.1 Å². The summed E-state index contributed by atoms with van der Waals surface area (Å²) >= 11 is 0. The second kappa shape index (κ2) is 32.8. The number of rotatable bonds is 12. The van der Waals surface area contributed by atoms with Gasteiger partial charge in [0.2, 0.25) is 11.9 Å². The van der Waals surface area contributed by atoms with E-state index in [1.807, 2.05) is 189 Å². The third kappa shape index (κ3) is 13.7. The molecule has 9 heterocycles. The molecule has 3 aliphatic rings. The molecule has 15 heteroatoms. The SMILES string of the molecule is CC1(C)c2ccccc2-c2c1ccc1c2c2ccccc2n1-c1ncc(-c2nc(-c3ccccc3)nc(-c3ccccc3)n2)cn1.CC1(C)c2ccccc2-c2c1ccc1c3ccccc3n(-c3ncc(-c4cc(-c5ccccc5)nc(-c5ccccc5)c4)cn3)c21.CC1(C)c2ccccc2-c2cc3c4ccccc4n(-c4ccc(-c5nc(-c6ccccc6)nc(-c6ccccc6)n5)cn4)c3cc21. The lowest BCUT2D eigenvalue weighted by Gasteiger charge is -2.21. The Balaban J connectivity index is 0.000000110. The average Bonchev–Trinajstić information content (AvgIpc) is 1.54. The molecule has 27 rings (SSSR count). The Labute approximate surface area is 797 Å². The number of hydrogen-bond acceptors (Lipinski definition) is 12. The summed E-state index contributed by atoms with van der Waals surface area (Å²) in [5.74, 6) is 5.70. The van der Waals surface area contributed by atoms with E-state index in [0.29, 0.717) is 46.8 Å². The van der Waals surface area contributed by atoms with Crippen molar-refractivity contribution in [2.24, 2.45) is 0 Å². The molecule has 0 saturated heterocycles. The van der Waals surface area contributed by atoms with E-state index in [1.165, 1.54) is 99.1 Å². The second-order valence-electron chi connectivity index (χ2n) is 37.1. The van der Waals surface area contributed by atoms with E-state index in [1.54, 1.807) is 0 Å². The van der Waals surface area contributed by atoms with Gasteiger partial charge in [0.15, 0.2) is 34.9 Å². The van der Waals surface area contributed by atoms with Crippen molar-refractivity contribution in [1.29, 1.82) is 0 Å². The van der Waals surface area contributed by atoms with Crippen LogP contribution in [0.15, 0.2) is 419 Å². The molecule has 0 bridgehead atoms. The Morgan fingerprint density at radius 2 is 0.565 bits per heavy atom. The molecular weight excluding hydrogens is 1690 g/mol. The van der Waals surface area contributed by atoms with E-state index in [4.69, 9.17) is 59.8 Å². The minimum absolute atomic E-state index is 0.0801. The van der Waals surface area contributed by atoms with E-state index in [-0.39, 0.29) is 16.2 Å². The standard InChI is InChI=1S/C42H30N4.C41H29N5.C40H28N6/c1-42(2)34-19-11-9-18-33(34)39-35(42)22-21-32-31-17-10-12-20-38(31)46(40(32)39)41-43-25-30(26-44-41)29-23-36(27-13-5-3-6-14-27)45-37(24-29)28-15-7-4-8-16-28;1-41(2)33-19-11-9-17-29(33)31-23-32-30-18-10-12-20-35(30)46(36(32)24-34(31)41)37-22-21-28(25-42-37)40-44-38(26-13-5-3-6-14-26)43-39(45-40)27-15-7-4-8-16-27;1-40(2)30-19-11-9-17-28(30)34-31(40)21-22-33-35(34)29-18-10-12-20-32(29)46(33)39-41-23-27(24-42-39)38-44-36(25-13-5-3-6-14-25)43-37(45-38)26-15-7-4-8-16-26/h3-26H,1-2H3;3-25H,1-2H3;3-24H,1-2H3.